The first-order chi connectivity index (χ1) is 12.2. The van der Waals surface area contributed by atoms with Gasteiger partial charge in [0.15, 0.2) is 0 Å². The van der Waals surface area contributed by atoms with E-state index in [2.05, 4.69) is 6.07 Å². The maximum atomic E-state index is 11.9. The van der Waals surface area contributed by atoms with Crippen molar-refractivity contribution in [3.05, 3.63) is 71.0 Å². The monoisotopic (exact) mass is 370 g/mol. The molecular formula is C19H15ClN2O2S. The lowest BCUT2D eigenvalue weighted by Gasteiger charge is -2.04. The Bertz CT molecular complexity index is 929. The lowest BCUT2D eigenvalue weighted by Crippen LogP contribution is -2.05. The summed E-state index contributed by atoms with van der Waals surface area (Å²) in [5, 5.41) is 10.0. The minimum Gasteiger partial charge on any atom is -0.461 e. The first-order valence-corrected chi connectivity index (χ1v) is 9.06. The van der Waals surface area contributed by atoms with E-state index in [9.17, 15) is 10.1 Å². The van der Waals surface area contributed by atoms with Crippen LogP contribution in [0.4, 0.5) is 0 Å². The fraction of sp³-hybridized carbons (Fsp3) is 0.158. The Kier molecular flexibility index (Phi) is 5.64. The van der Waals surface area contributed by atoms with Crippen LogP contribution in [-0.2, 0) is 16.1 Å². The van der Waals surface area contributed by atoms with E-state index in [0.29, 0.717) is 28.3 Å². The molecule has 0 bridgehead atoms. The largest absolute Gasteiger partial charge is 0.461 e. The molecule has 0 unspecified atom stereocenters. The number of benzene rings is 1. The number of ether oxygens (including phenoxy) is 1. The van der Waals surface area contributed by atoms with Crippen LogP contribution in [0, 0.1) is 11.3 Å². The minimum absolute atomic E-state index is 0.106. The van der Waals surface area contributed by atoms with Gasteiger partial charge in [0.05, 0.1) is 17.5 Å². The Morgan fingerprint density at radius 3 is 2.80 bits per heavy atom. The zero-order valence-electron chi connectivity index (χ0n) is 13.3. The Morgan fingerprint density at radius 1 is 1.24 bits per heavy atom. The van der Waals surface area contributed by atoms with Gasteiger partial charge in [-0.1, -0.05) is 17.7 Å². The second kappa shape index (κ2) is 8.11. The quantitative estimate of drug-likeness (QED) is 0.466. The van der Waals surface area contributed by atoms with E-state index in [4.69, 9.17) is 16.3 Å². The van der Waals surface area contributed by atoms with E-state index in [1.165, 1.54) is 0 Å². The van der Waals surface area contributed by atoms with Crippen molar-refractivity contribution >= 4 is 34.8 Å². The van der Waals surface area contributed by atoms with Gasteiger partial charge in [0.1, 0.15) is 12.7 Å². The Morgan fingerprint density at radius 2 is 2.04 bits per heavy atom. The van der Waals surface area contributed by atoms with Crippen LogP contribution in [0.25, 0.3) is 5.52 Å². The molecule has 2 aromatic heterocycles. The normalized spacial score (nSPS) is 10.6. The molecule has 3 rings (SSSR count). The van der Waals surface area contributed by atoms with Crippen molar-refractivity contribution in [2.45, 2.75) is 17.9 Å². The van der Waals surface area contributed by atoms with E-state index < -0.39 is 0 Å². The number of fused-ring (bicyclic) bond motifs is 1. The molecule has 25 heavy (non-hydrogen) atoms. The maximum Gasteiger partial charge on any atom is 0.306 e. The Balaban J connectivity index is 1.52. The summed E-state index contributed by atoms with van der Waals surface area (Å²) in [6, 6.07) is 15.3. The van der Waals surface area contributed by atoms with Gasteiger partial charge < -0.3 is 9.14 Å². The number of rotatable bonds is 6. The molecule has 2 heterocycles. The highest BCUT2D eigenvalue weighted by Gasteiger charge is 2.12. The number of carbonyl (C=O) groups excluding carboxylic acids is 1. The number of thioether (sulfide) groups is 1. The van der Waals surface area contributed by atoms with Gasteiger partial charge in [-0.15, -0.1) is 11.8 Å². The Labute approximate surface area is 155 Å². The summed E-state index contributed by atoms with van der Waals surface area (Å²) in [4.78, 5) is 13.0. The summed E-state index contributed by atoms with van der Waals surface area (Å²) < 4.78 is 7.18. The predicted molar refractivity (Wildman–Crippen MR) is 98.7 cm³/mol. The van der Waals surface area contributed by atoms with Crippen LogP contribution in [-0.4, -0.2) is 16.1 Å². The molecule has 0 fully saturated rings. The molecule has 0 spiro atoms. The molecule has 6 heteroatoms. The molecule has 0 aliphatic heterocycles. The SMILES string of the molecule is N#Cc1c(COC(=O)CCSc2ccc(Cl)cc2)cn2ccccc12. The molecule has 0 aliphatic rings. The van der Waals surface area contributed by atoms with E-state index in [1.807, 2.05) is 59.3 Å². The van der Waals surface area contributed by atoms with Crippen LogP contribution in [0.2, 0.25) is 5.02 Å². The van der Waals surface area contributed by atoms with Crippen molar-refractivity contribution in [2.24, 2.45) is 0 Å². The highest BCUT2D eigenvalue weighted by molar-refractivity contribution is 7.99. The summed E-state index contributed by atoms with van der Waals surface area (Å²) in [6.45, 7) is 0.106. The molecule has 0 atom stereocenters. The number of carbonyl (C=O) groups is 1. The van der Waals surface area contributed by atoms with Gasteiger partial charge in [0.2, 0.25) is 0 Å². The molecule has 126 valence electrons. The molecule has 0 saturated heterocycles. The summed E-state index contributed by atoms with van der Waals surface area (Å²) in [6.07, 6.45) is 4.00. The topological polar surface area (TPSA) is 54.5 Å². The molecular weight excluding hydrogens is 356 g/mol. The van der Waals surface area contributed by atoms with Gasteiger partial charge in [-0.25, -0.2) is 0 Å². The van der Waals surface area contributed by atoms with Gasteiger partial charge in [-0.3, -0.25) is 4.79 Å². The summed E-state index contributed by atoms with van der Waals surface area (Å²) in [5.74, 6) is 0.351. The third kappa shape index (κ3) is 4.36. The van der Waals surface area contributed by atoms with Gasteiger partial charge in [-0.2, -0.15) is 5.26 Å². The number of hydrogen-bond donors (Lipinski definition) is 0. The fourth-order valence-corrected chi connectivity index (χ4v) is 3.39. The molecule has 0 aliphatic carbocycles. The van der Waals surface area contributed by atoms with Crippen molar-refractivity contribution in [3.8, 4) is 6.07 Å². The average Bonchev–Trinajstić information content (AvgIpc) is 2.99. The van der Waals surface area contributed by atoms with Crippen LogP contribution in [0.1, 0.15) is 17.5 Å². The first kappa shape index (κ1) is 17.4. The highest BCUT2D eigenvalue weighted by Crippen LogP contribution is 2.22. The standard InChI is InChI=1S/C19H15ClN2O2S/c20-15-4-6-16(7-5-15)25-10-8-19(23)24-13-14-12-22-9-2-1-3-18(22)17(14)11-21/h1-7,9,12H,8,10,13H2. The lowest BCUT2D eigenvalue weighted by molar-refractivity contribution is -0.144. The first-order valence-electron chi connectivity index (χ1n) is 7.70. The third-order valence-corrected chi connectivity index (χ3v) is 4.92. The number of nitriles is 1. The summed E-state index contributed by atoms with van der Waals surface area (Å²) >= 11 is 7.42. The average molecular weight is 371 g/mol. The van der Waals surface area contributed by atoms with E-state index >= 15 is 0 Å². The Hall–Kier alpha value is -2.42. The molecule has 0 saturated carbocycles. The highest BCUT2D eigenvalue weighted by atomic mass is 35.5. The van der Waals surface area contributed by atoms with Crippen LogP contribution < -0.4 is 0 Å². The van der Waals surface area contributed by atoms with E-state index in [1.54, 1.807) is 11.8 Å². The van der Waals surface area contributed by atoms with Crippen molar-refractivity contribution in [3.63, 3.8) is 0 Å². The van der Waals surface area contributed by atoms with Crippen LogP contribution in [0.3, 0.4) is 0 Å². The number of aromatic nitrogens is 1. The van der Waals surface area contributed by atoms with Crippen LogP contribution >= 0.6 is 23.4 Å². The van der Waals surface area contributed by atoms with Crippen molar-refractivity contribution in [1.82, 2.24) is 4.40 Å². The number of halogens is 1. The number of pyridine rings is 1. The molecule has 0 N–H and O–H groups in total. The van der Waals surface area contributed by atoms with Crippen molar-refractivity contribution in [1.29, 1.82) is 5.26 Å². The van der Waals surface area contributed by atoms with Crippen molar-refractivity contribution in [2.75, 3.05) is 5.75 Å². The molecule has 0 amide bonds. The van der Waals surface area contributed by atoms with Gasteiger partial charge in [-0.05, 0) is 36.4 Å². The lowest BCUT2D eigenvalue weighted by atomic mass is 10.2. The van der Waals surface area contributed by atoms with E-state index in [-0.39, 0.29) is 12.6 Å². The van der Waals surface area contributed by atoms with Crippen LogP contribution in [0.5, 0.6) is 0 Å². The van der Waals surface area contributed by atoms with E-state index in [0.717, 1.165) is 10.4 Å². The predicted octanol–water partition coefficient (Wildman–Crippen LogP) is 4.69. The zero-order chi connectivity index (χ0) is 17.6. The molecule has 4 nitrogen and oxygen atoms in total. The second-order valence-corrected chi connectivity index (χ2v) is 6.95. The maximum absolute atomic E-state index is 11.9. The zero-order valence-corrected chi connectivity index (χ0v) is 14.9. The molecule has 3 aromatic rings. The summed E-state index contributed by atoms with van der Waals surface area (Å²) in [7, 11) is 0. The number of esters is 1. The van der Waals surface area contributed by atoms with Gasteiger partial charge >= 0.3 is 5.97 Å². The van der Waals surface area contributed by atoms with Gasteiger partial charge in [0, 0.05) is 33.6 Å². The molecule has 0 radical (unpaired) electrons. The number of hydrogen-bond acceptors (Lipinski definition) is 4. The summed E-state index contributed by atoms with van der Waals surface area (Å²) in [5.41, 5.74) is 2.07. The van der Waals surface area contributed by atoms with Crippen LogP contribution in [0.15, 0.2) is 59.8 Å². The minimum atomic E-state index is -0.277. The smallest absolute Gasteiger partial charge is 0.306 e. The van der Waals surface area contributed by atoms with Crippen molar-refractivity contribution < 1.29 is 9.53 Å². The van der Waals surface area contributed by atoms with Gasteiger partial charge in [0.25, 0.3) is 0 Å². The molecule has 1 aromatic carbocycles. The fourth-order valence-electron chi connectivity index (χ4n) is 2.43. The third-order valence-electron chi connectivity index (χ3n) is 3.65. The second-order valence-electron chi connectivity index (χ2n) is 5.35. The number of nitrogens with zero attached hydrogens (tertiary/aromatic N) is 2.